The zero-order valence-electron chi connectivity index (χ0n) is 20.3. The molecule has 0 spiro atoms. The largest absolute Gasteiger partial charge is 0.493 e. The van der Waals surface area contributed by atoms with E-state index in [1.807, 2.05) is 36.4 Å². The van der Waals surface area contributed by atoms with Gasteiger partial charge in [0.25, 0.3) is 0 Å². The van der Waals surface area contributed by atoms with Gasteiger partial charge in [0, 0.05) is 12.1 Å². The normalized spacial score (nSPS) is 11.3. The van der Waals surface area contributed by atoms with E-state index in [1.54, 1.807) is 39.5 Å². The first-order valence-electron chi connectivity index (χ1n) is 10.6. The van der Waals surface area contributed by atoms with Gasteiger partial charge >= 0.3 is 0 Å². The smallest absolute Gasteiger partial charge is 0.240 e. The highest BCUT2D eigenvalue weighted by Crippen LogP contribution is 2.39. The van der Waals surface area contributed by atoms with E-state index in [0.717, 1.165) is 11.1 Å². The molecule has 35 heavy (non-hydrogen) atoms. The van der Waals surface area contributed by atoms with Crippen LogP contribution in [0.5, 0.6) is 28.7 Å². The van der Waals surface area contributed by atoms with Gasteiger partial charge in [-0.3, -0.25) is 0 Å². The van der Waals surface area contributed by atoms with Crippen LogP contribution in [0.4, 0.5) is 0 Å². The maximum Gasteiger partial charge on any atom is 0.240 e. The van der Waals surface area contributed by atoms with Crippen LogP contribution in [0.25, 0.3) is 12.2 Å². The Morgan fingerprint density at radius 1 is 0.686 bits per heavy atom. The fraction of sp³-hybridized carbons (Fsp3) is 0.231. The van der Waals surface area contributed by atoms with Crippen molar-refractivity contribution in [2.45, 2.75) is 11.4 Å². The Balaban J connectivity index is 1.94. The van der Waals surface area contributed by atoms with Gasteiger partial charge < -0.3 is 23.7 Å². The summed E-state index contributed by atoms with van der Waals surface area (Å²) in [5, 5.41) is 0. The van der Waals surface area contributed by atoms with E-state index in [1.165, 1.54) is 26.4 Å². The predicted molar refractivity (Wildman–Crippen MR) is 135 cm³/mol. The number of ether oxygens (including phenoxy) is 5. The van der Waals surface area contributed by atoms with E-state index in [2.05, 4.69) is 4.72 Å². The van der Waals surface area contributed by atoms with Crippen molar-refractivity contribution in [3.05, 3.63) is 71.3 Å². The van der Waals surface area contributed by atoms with Crippen LogP contribution in [-0.4, -0.2) is 44.0 Å². The van der Waals surface area contributed by atoms with Crippen LogP contribution < -0.4 is 28.4 Å². The quantitative estimate of drug-likeness (QED) is 0.392. The highest BCUT2D eigenvalue weighted by atomic mass is 32.2. The van der Waals surface area contributed by atoms with Crippen molar-refractivity contribution < 1.29 is 32.1 Å². The Morgan fingerprint density at radius 2 is 1.17 bits per heavy atom. The van der Waals surface area contributed by atoms with Crippen LogP contribution in [-0.2, 0) is 16.6 Å². The molecule has 0 fully saturated rings. The maximum atomic E-state index is 12.7. The van der Waals surface area contributed by atoms with Crippen molar-refractivity contribution in [2.75, 3.05) is 35.5 Å². The molecule has 9 heteroatoms. The van der Waals surface area contributed by atoms with Gasteiger partial charge in [-0.1, -0.05) is 30.4 Å². The average molecular weight is 500 g/mol. The summed E-state index contributed by atoms with van der Waals surface area (Å²) in [5.41, 5.74) is 2.22. The number of sulfonamides is 1. The molecule has 0 heterocycles. The number of hydrogen-bond acceptors (Lipinski definition) is 7. The molecular formula is C26H29NO7S. The number of benzene rings is 3. The lowest BCUT2D eigenvalue weighted by molar-refractivity contribution is 0.324. The third-order valence-corrected chi connectivity index (χ3v) is 6.66. The Morgan fingerprint density at radius 3 is 1.66 bits per heavy atom. The first-order chi connectivity index (χ1) is 16.9. The van der Waals surface area contributed by atoms with Gasteiger partial charge in [0.05, 0.1) is 40.4 Å². The van der Waals surface area contributed by atoms with Crippen molar-refractivity contribution in [1.29, 1.82) is 0 Å². The monoisotopic (exact) mass is 499 g/mol. The van der Waals surface area contributed by atoms with Gasteiger partial charge in [-0.05, 0) is 47.5 Å². The number of rotatable bonds is 11. The number of methoxy groups -OCH3 is 5. The summed E-state index contributed by atoms with van der Waals surface area (Å²) in [7, 11) is 4.01. The third kappa shape index (κ3) is 6.06. The predicted octanol–water partition coefficient (Wildman–Crippen LogP) is 4.38. The van der Waals surface area contributed by atoms with E-state index in [0.29, 0.717) is 34.3 Å². The second-order valence-corrected chi connectivity index (χ2v) is 9.11. The van der Waals surface area contributed by atoms with E-state index in [4.69, 9.17) is 23.7 Å². The van der Waals surface area contributed by atoms with Gasteiger partial charge in [-0.15, -0.1) is 0 Å². The number of hydrogen-bond donors (Lipinski definition) is 1. The SMILES string of the molecule is COc1cc(/C=C\c2cc(OC)c(OC)c(OC)c2)cc(CNS(=O)(=O)c2ccccc2)c1OC. The second-order valence-electron chi connectivity index (χ2n) is 7.35. The summed E-state index contributed by atoms with van der Waals surface area (Å²) in [6, 6.07) is 15.5. The van der Waals surface area contributed by atoms with Gasteiger partial charge in [-0.25, -0.2) is 13.1 Å². The lowest BCUT2D eigenvalue weighted by Gasteiger charge is -2.15. The summed E-state index contributed by atoms with van der Waals surface area (Å²) in [6.45, 7) is 0.0165. The summed E-state index contributed by atoms with van der Waals surface area (Å²) in [5.74, 6) is 2.51. The minimum atomic E-state index is -3.70. The van der Waals surface area contributed by atoms with Gasteiger partial charge in [0.15, 0.2) is 23.0 Å². The topological polar surface area (TPSA) is 92.3 Å². The molecule has 8 nitrogen and oxygen atoms in total. The minimum absolute atomic E-state index is 0.0165. The van der Waals surface area contributed by atoms with E-state index < -0.39 is 10.0 Å². The molecule has 3 rings (SSSR count). The molecule has 1 N–H and O–H groups in total. The molecule has 0 amide bonds. The average Bonchev–Trinajstić information content (AvgIpc) is 2.89. The van der Waals surface area contributed by atoms with Crippen molar-refractivity contribution in [3.63, 3.8) is 0 Å². The highest BCUT2D eigenvalue weighted by molar-refractivity contribution is 7.89. The maximum absolute atomic E-state index is 12.7. The second kappa shape index (κ2) is 11.6. The minimum Gasteiger partial charge on any atom is -0.493 e. The van der Waals surface area contributed by atoms with Gasteiger partial charge in [0.1, 0.15) is 0 Å². The summed E-state index contributed by atoms with van der Waals surface area (Å²) < 4.78 is 55.2. The fourth-order valence-corrected chi connectivity index (χ4v) is 4.57. The molecule has 186 valence electrons. The van der Waals surface area contributed by atoms with Crippen molar-refractivity contribution in [3.8, 4) is 28.7 Å². The molecule has 3 aromatic rings. The highest BCUT2D eigenvalue weighted by Gasteiger charge is 2.17. The lowest BCUT2D eigenvalue weighted by Crippen LogP contribution is -2.23. The van der Waals surface area contributed by atoms with E-state index in [-0.39, 0.29) is 11.4 Å². The first kappa shape index (κ1) is 25.9. The molecule has 0 unspecified atom stereocenters. The molecule has 0 saturated carbocycles. The van der Waals surface area contributed by atoms with Gasteiger partial charge in [-0.2, -0.15) is 0 Å². The zero-order chi connectivity index (χ0) is 25.4. The Hall–Kier alpha value is -3.69. The molecule has 0 aliphatic rings. The molecule has 0 aliphatic heterocycles. The summed E-state index contributed by atoms with van der Waals surface area (Å²) in [4.78, 5) is 0.185. The molecule has 0 bridgehead atoms. The number of nitrogens with one attached hydrogen (secondary N) is 1. The molecule has 0 saturated heterocycles. The van der Waals surface area contributed by atoms with Crippen LogP contribution in [0, 0.1) is 0 Å². The van der Waals surface area contributed by atoms with Crippen molar-refractivity contribution in [1.82, 2.24) is 4.72 Å². The third-order valence-electron chi connectivity index (χ3n) is 5.24. The fourth-order valence-electron chi connectivity index (χ4n) is 3.54. The molecule has 0 atom stereocenters. The van der Waals surface area contributed by atoms with E-state index in [9.17, 15) is 8.42 Å². The molecule has 0 aliphatic carbocycles. The Bertz CT molecular complexity index is 1260. The van der Waals surface area contributed by atoms with Crippen LogP contribution in [0.2, 0.25) is 0 Å². The zero-order valence-corrected chi connectivity index (χ0v) is 21.1. The van der Waals surface area contributed by atoms with Crippen molar-refractivity contribution >= 4 is 22.2 Å². The van der Waals surface area contributed by atoms with Crippen LogP contribution >= 0.6 is 0 Å². The summed E-state index contributed by atoms with van der Waals surface area (Å²) >= 11 is 0. The van der Waals surface area contributed by atoms with Crippen LogP contribution in [0.15, 0.2) is 59.5 Å². The first-order valence-corrected chi connectivity index (χ1v) is 12.1. The van der Waals surface area contributed by atoms with Crippen LogP contribution in [0.3, 0.4) is 0 Å². The van der Waals surface area contributed by atoms with Crippen molar-refractivity contribution in [2.24, 2.45) is 0 Å². The van der Waals surface area contributed by atoms with Crippen LogP contribution in [0.1, 0.15) is 16.7 Å². The van der Waals surface area contributed by atoms with Gasteiger partial charge in [0.2, 0.25) is 15.8 Å². The standard InChI is InChI=1S/C26H29NO7S/c1-30-22-14-18(11-12-19-15-23(31-2)26(34-5)24(16-19)32-3)13-20(25(22)33-4)17-27-35(28,29)21-9-7-6-8-10-21/h6-16,27H,17H2,1-5H3/b12-11-. The van der Waals surface area contributed by atoms with E-state index >= 15 is 0 Å². The Kier molecular flexibility index (Phi) is 8.62. The molecule has 0 radical (unpaired) electrons. The summed E-state index contributed by atoms with van der Waals surface area (Å²) in [6.07, 6.45) is 3.75. The molecule has 3 aromatic carbocycles. The lowest BCUT2D eigenvalue weighted by atomic mass is 10.1. The molecule has 0 aromatic heterocycles. The molecular weight excluding hydrogens is 470 g/mol. The Labute approximate surface area is 206 Å².